The molecule has 0 radical (unpaired) electrons. The second-order valence-electron chi connectivity index (χ2n) is 3.40. The Morgan fingerprint density at radius 1 is 1.22 bits per heavy atom. The molecule has 100 valence electrons. The Morgan fingerprint density at radius 3 is 2.28 bits per heavy atom. The minimum Gasteiger partial charge on any atom is -0.496 e. The van der Waals surface area contributed by atoms with Crippen molar-refractivity contribution in [3.05, 3.63) is 23.8 Å². The van der Waals surface area contributed by atoms with Gasteiger partial charge in [-0.1, -0.05) is 6.07 Å². The molecule has 1 aromatic rings. The molecule has 6 nitrogen and oxygen atoms in total. The molecule has 0 aliphatic rings. The Bertz CT molecular complexity index is 385. The summed E-state index contributed by atoms with van der Waals surface area (Å²) in [6.07, 6.45) is 0. The van der Waals surface area contributed by atoms with E-state index in [2.05, 4.69) is 10.4 Å². The molecule has 0 aliphatic heterocycles. The molecule has 0 saturated heterocycles. The van der Waals surface area contributed by atoms with Crippen molar-refractivity contribution in [2.75, 3.05) is 34.5 Å². The number of hydrogen-bond acceptors (Lipinski definition) is 5. The van der Waals surface area contributed by atoms with Crippen LogP contribution in [0.4, 0.5) is 0 Å². The van der Waals surface area contributed by atoms with Gasteiger partial charge in [-0.2, -0.15) is 0 Å². The Kier molecular flexibility index (Phi) is 5.96. The Morgan fingerprint density at radius 2 is 1.83 bits per heavy atom. The fraction of sp³-hybridized carbons (Fsp3) is 0.417. The number of methoxy groups -OCH3 is 3. The molecule has 1 rings (SSSR count). The average molecular weight is 253 g/mol. The maximum atomic E-state index is 5.50. The van der Waals surface area contributed by atoms with Gasteiger partial charge in [0.2, 0.25) is 0 Å². The molecule has 0 aliphatic carbocycles. The lowest BCUT2D eigenvalue weighted by Gasteiger charge is -2.14. The number of hydrogen-bond donors (Lipinski definition) is 2. The third-order valence-corrected chi connectivity index (χ3v) is 2.37. The molecule has 0 heterocycles. The zero-order valence-electron chi connectivity index (χ0n) is 10.9. The molecule has 1 aromatic carbocycles. The predicted molar refractivity (Wildman–Crippen MR) is 70.1 cm³/mol. The topological polar surface area (TPSA) is 78.1 Å². The third kappa shape index (κ3) is 3.35. The van der Waals surface area contributed by atoms with Crippen LogP contribution in [0.3, 0.4) is 0 Å². The fourth-order valence-electron chi connectivity index (χ4n) is 1.53. The summed E-state index contributed by atoms with van der Waals surface area (Å²) in [6.45, 7) is 1.01. The minimum absolute atomic E-state index is 0.497. The molecule has 0 saturated carbocycles. The molecule has 6 heteroatoms. The van der Waals surface area contributed by atoms with Crippen LogP contribution in [-0.2, 0) is 4.74 Å². The smallest absolute Gasteiger partial charge is 0.150 e. The summed E-state index contributed by atoms with van der Waals surface area (Å²) >= 11 is 0. The largest absolute Gasteiger partial charge is 0.496 e. The highest BCUT2D eigenvalue weighted by atomic mass is 16.5. The normalized spacial score (nSPS) is 11.2. The number of rotatable bonds is 6. The van der Waals surface area contributed by atoms with E-state index >= 15 is 0 Å². The van der Waals surface area contributed by atoms with Gasteiger partial charge in [0.15, 0.2) is 0 Å². The van der Waals surface area contributed by atoms with E-state index in [-0.39, 0.29) is 0 Å². The van der Waals surface area contributed by atoms with Crippen molar-refractivity contribution < 1.29 is 14.2 Å². The van der Waals surface area contributed by atoms with Crippen molar-refractivity contribution in [3.63, 3.8) is 0 Å². The molecule has 0 aromatic heterocycles. The molecular formula is C12H19N3O3. The summed E-state index contributed by atoms with van der Waals surface area (Å²) in [6, 6.07) is 5.48. The lowest BCUT2D eigenvalue weighted by Crippen LogP contribution is -2.32. The van der Waals surface area contributed by atoms with Gasteiger partial charge in [0.05, 0.1) is 27.4 Å². The number of ether oxygens (including phenoxy) is 3. The molecule has 0 fully saturated rings. The lowest BCUT2D eigenvalue weighted by molar-refractivity contribution is 0.208. The summed E-state index contributed by atoms with van der Waals surface area (Å²) in [7, 11) is 4.79. The molecule has 0 bridgehead atoms. The molecule has 0 atom stereocenters. The molecule has 0 amide bonds. The van der Waals surface area contributed by atoms with Gasteiger partial charge in [0.25, 0.3) is 0 Å². The Labute approximate surface area is 107 Å². The maximum absolute atomic E-state index is 5.50. The number of aliphatic imine (C=N–C) groups is 1. The van der Waals surface area contributed by atoms with E-state index < -0.39 is 0 Å². The van der Waals surface area contributed by atoms with Crippen LogP contribution in [0.15, 0.2) is 23.2 Å². The second kappa shape index (κ2) is 7.52. The summed E-state index contributed by atoms with van der Waals surface area (Å²) in [5.41, 5.74) is 3.26. The highest BCUT2D eigenvalue weighted by Gasteiger charge is 2.15. The summed E-state index contributed by atoms with van der Waals surface area (Å²) < 4.78 is 15.5. The zero-order chi connectivity index (χ0) is 13.4. The van der Waals surface area contributed by atoms with Crippen LogP contribution in [0, 0.1) is 0 Å². The first-order valence-corrected chi connectivity index (χ1v) is 5.49. The quantitative estimate of drug-likeness (QED) is 0.255. The molecule has 0 unspecified atom stereocenters. The SMILES string of the molecule is COCCN=C(NN)c1c(OC)cccc1OC. The van der Waals surface area contributed by atoms with E-state index in [0.717, 1.165) is 0 Å². The van der Waals surface area contributed by atoms with Crippen LogP contribution in [0.5, 0.6) is 11.5 Å². The minimum atomic E-state index is 0.497. The van der Waals surface area contributed by atoms with Crippen molar-refractivity contribution in [2.24, 2.45) is 10.8 Å². The third-order valence-electron chi connectivity index (χ3n) is 2.37. The first kappa shape index (κ1) is 14.3. The van der Waals surface area contributed by atoms with E-state index in [1.165, 1.54) is 0 Å². The molecule has 0 spiro atoms. The molecule has 18 heavy (non-hydrogen) atoms. The number of hydrazine groups is 1. The van der Waals surface area contributed by atoms with Crippen molar-refractivity contribution in [2.45, 2.75) is 0 Å². The van der Waals surface area contributed by atoms with Crippen LogP contribution in [0.1, 0.15) is 5.56 Å². The second-order valence-corrected chi connectivity index (χ2v) is 3.40. The van der Waals surface area contributed by atoms with E-state index in [4.69, 9.17) is 20.1 Å². The van der Waals surface area contributed by atoms with Crippen LogP contribution in [-0.4, -0.2) is 40.3 Å². The van der Waals surface area contributed by atoms with E-state index in [0.29, 0.717) is 36.0 Å². The average Bonchev–Trinajstić information content (AvgIpc) is 2.43. The first-order valence-electron chi connectivity index (χ1n) is 5.49. The summed E-state index contributed by atoms with van der Waals surface area (Å²) in [5, 5.41) is 0. The van der Waals surface area contributed by atoms with Gasteiger partial charge in [0, 0.05) is 7.11 Å². The van der Waals surface area contributed by atoms with Crippen molar-refractivity contribution in [1.29, 1.82) is 0 Å². The Balaban J connectivity index is 3.13. The summed E-state index contributed by atoms with van der Waals surface area (Å²) in [5.74, 6) is 7.29. The van der Waals surface area contributed by atoms with Crippen molar-refractivity contribution >= 4 is 5.84 Å². The first-order chi connectivity index (χ1) is 8.78. The number of nitrogens with one attached hydrogen (secondary N) is 1. The number of benzene rings is 1. The number of nitrogens with two attached hydrogens (primary N) is 1. The Hall–Kier alpha value is -1.79. The number of nitrogens with zero attached hydrogens (tertiary/aromatic N) is 1. The highest BCUT2D eigenvalue weighted by molar-refractivity contribution is 6.03. The standard InChI is InChI=1S/C12H19N3O3/c1-16-8-7-14-12(15-13)11-9(17-2)5-4-6-10(11)18-3/h4-6H,7-8,13H2,1-3H3,(H,14,15). The van der Waals surface area contributed by atoms with Gasteiger partial charge in [-0.3, -0.25) is 4.99 Å². The van der Waals surface area contributed by atoms with E-state index in [1.54, 1.807) is 21.3 Å². The zero-order valence-corrected chi connectivity index (χ0v) is 10.9. The highest BCUT2D eigenvalue weighted by Crippen LogP contribution is 2.28. The monoisotopic (exact) mass is 253 g/mol. The van der Waals surface area contributed by atoms with E-state index in [9.17, 15) is 0 Å². The van der Waals surface area contributed by atoms with Gasteiger partial charge >= 0.3 is 0 Å². The van der Waals surface area contributed by atoms with Gasteiger partial charge in [-0.05, 0) is 12.1 Å². The molecule has 3 N–H and O–H groups in total. The van der Waals surface area contributed by atoms with Crippen molar-refractivity contribution in [1.82, 2.24) is 5.43 Å². The van der Waals surface area contributed by atoms with Gasteiger partial charge < -0.3 is 19.6 Å². The van der Waals surface area contributed by atoms with Gasteiger partial charge in [0.1, 0.15) is 22.9 Å². The van der Waals surface area contributed by atoms with Crippen molar-refractivity contribution in [3.8, 4) is 11.5 Å². The van der Waals surface area contributed by atoms with Crippen LogP contribution < -0.4 is 20.7 Å². The van der Waals surface area contributed by atoms with Crippen LogP contribution >= 0.6 is 0 Å². The predicted octanol–water partition coefficient (Wildman–Crippen LogP) is 0.560. The lowest BCUT2D eigenvalue weighted by atomic mass is 10.1. The fourth-order valence-corrected chi connectivity index (χ4v) is 1.53. The van der Waals surface area contributed by atoms with E-state index in [1.807, 2.05) is 18.2 Å². The van der Waals surface area contributed by atoms with Gasteiger partial charge in [-0.25, -0.2) is 5.84 Å². The van der Waals surface area contributed by atoms with Crippen LogP contribution in [0.2, 0.25) is 0 Å². The number of amidine groups is 1. The van der Waals surface area contributed by atoms with Gasteiger partial charge in [-0.15, -0.1) is 0 Å². The van der Waals surface area contributed by atoms with Crippen LogP contribution in [0.25, 0.3) is 0 Å². The maximum Gasteiger partial charge on any atom is 0.150 e. The molecular weight excluding hydrogens is 234 g/mol. The summed E-state index contributed by atoms with van der Waals surface area (Å²) in [4.78, 5) is 4.31.